The molecule has 1 N–H and O–H groups in total. The summed E-state index contributed by atoms with van der Waals surface area (Å²) in [5.74, 6) is 1.00. The van der Waals surface area contributed by atoms with E-state index in [0.29, 0.717) is 12.5 Å². The molecule has 9 nitrogen and oxygen atoms in total. The fourth-order valence-corrected chi connectivity index (χ4v) is 5.20. The fraction of sp³-hybridized carbons (Fsp3) is 0.409. The average molecular weight is 451 g/mol. The van der Waals surface area contributed by atoms with Crippen molar-refractivity contribution in [2.45, 2.75) is 44.5 Å². The van der Waals surface area contributed by atoms with Gasteiger partial charge in [-0.25, -0.2) is 9.67 Å². The molecule has 10 heteroatoms. The molecule has 2 aromatic heterocycles. The average Bonchev–Trinajstić information content (AvgIpc) is 3.56. The molecule has 1 fully saturated rings. The SMILES string of the molecule is CCC1(N2CCC(c3nc(COc4ccc(-n5cnnn5)cc4)cs3)CC2)N=CC=CN1. The molecule has 0 bridgehead atoms. The van der Waals surface area contributed by atoms with Gasteiger partial charge in [-0.15, -0.1) is 16.4 Å². The van der Waals surface area contributed by atoms with Crippen molar-refractivity contribution in [2.75, 3.05) is 13.1 Å². The predicted molar refractivity (Wildman–Crippen MR) is 123 cm³/mol. The number of aromatic nitrogens is 5. The second-order valence-corrected chi connectivity index (χ2v) is 8.82. The largest absolute Gasteiger partial charge is 0.487 e. The van der Waals surface area contributed by atoms with Gasteiger partial charge in [0.25, 0.3) is 0 Å². The van der Waals surface area contributed by atoms with Crippen molar-refractivity contribution >= 4 is 17.6 Å². The molecule has 0 radical (unpaired) electrons. The smallest absolute Gasteiger partial charge is 0.186 e. The number of benzene rings is 1. The zero-order chi connectivity index (χ0) is 21.8. The second-order valence-electron chi connectivity index (χ2n) is 7.93. The molecule has 1 aromatic carbocycles. The van der Waals surface area contributed by atoms with Crippen molar-refractivity contribution in [3.05, 3.63) is 59.0 Å². The number of piperidine rings is 1. The highest BCUT2D eigenvalue weighted by Gasteiger charge is 2.37. The third-order valence-electron chi connectivity index (χ3n) is 6.05. The first-order valence-electron chi connectivity index (χ1n) is 10.9. The molecule has 1 atom stereocenters. The number of nitrogens with one attached hydrogen (secondary N) is 1. The summed E-state index contributed by atoms with van der Waals surface area (Å²) in [6.07, 6.45) is 10.5. The number of nitrogens with zero attached hydrogens (tertiary/aromatic N) is 7. The molecular weight excluding hydrogens is 424 g/mol. The molecule has 2 aliphatic heterocycles. The number of hydrogen-bond acceptors (Lipinski definition) is 9. The summed E-state index contributed by atoms with van der Waals surface area (Å²) in [7, 11) is 0. The highest BCUT2D eigenvalue weighted by molar-refractivity contribution is 7.09. The van der Waals surface area contributed by atoms with E-state index in [0.717, 1.165) is 49.5 Å². The Morgan fingerprint density at radius 3 is 2.75 bits per heavy atom. The normalized spacial score (nSPS) is 21.5. The van der Waals surface area contributed by atoms with Gasteiger partial charge in [0.05, 0.1) is 16.4 Å². The quantitative estimate of drug-likeness (QED) is 0.591. The molecule has 0 aliphatic carbocycles. The number of likely N-dealkylation sites (tertiary alicyclic amines) is 1. The predicted octanol–water partition coefficient (Wildman–Crippen LogP) is 3.13. The molecule has 166 valence electrons. The van der Waals surface area contributed by atoms with Gasteiger partial charge in [0, 0.05) is 43.2 Å². The van der Waals surface area contributed by atoms with E-state index >= 15 is 0 Å². The summed E-state index contributed by atoms with van der Waals surface area (Å²) in [5, 5.41) is 18.0. The first-order valence-corrected chi connectivity index (χ1v) is 11.8. The highest BCUT2D eigenvalue weighted by atomic mass is 32.1. The van der Waals surface area contributed by atoms with Crippen molar-refractivity contribution in [1.82, 2.24) is 35.4 Å². The van der Waals surface area contributed by atoms with E-state index < -0.39 is 0 Å². The Labute approximate surface area is 190 Å². The van der Waals surface area contributed by atoms with Crippen LogP contribution in [0.4, 0.5) is 0 Å². The van der Waals surface area contributed by atoms with Gasteiger partial charge in [0.2, 0.25) is 0 Å². The Morgan fingerprint density at radius 2 is 2.06 bits per heavy atom. The summed E-state index contributed by atoms with van der Waals surface area (Å²) >= 11 is 1.74. The van der Waals surface area contributed by atoms with Crippen LogP contribution in [-0.4, -0.2) is 55.2 Å². The minimum absolute atomic E-state index is 0.290. The van der Waals surface area contributed by atoms with Gasteiger partial charge in [-0.2, -0.15) is 0 Å². The number of allylic oxidation sites excluding steroid dienone is 1. The van der Waals surface area contributed by atoms with Crippen LogP contribution >= 0.6 is 11.3 Å². The Balaban J connectivity index is 1.14. The van der Waals surface area contributed by atoms with Crippen molar-refractivity contribution in [3.63, 3.8) is 0 Å². The van der Waals surface area contributed by atoms with Crippen LogP contribution in [0.15, 0.2) is 53.2 Å². The van der Waals surface area contributed by atoms with E-state index in [1.165, 1.54) is 5.01 Å². The Kier molecular flexibility index (Phi) is 5.95. The first kappa shape index (κ1) is 20.8. The van der Waals surface area contributed by atoms with E-state index in [1.807, 2.05) is 42.8 Å². The van der Waals surface area contributed by atoms with Gasteiger partial charge in [-0.3, -0.25) is 9.89 Å². The minimum Gasteiger partial charge on any atom is -0.487 e. The molecular formula is C22H26N8OS. The van der Waals surface area contributed by atoms with Gasteiger partial charge >= 0.3 is 0 Å². The second kappa shape index (κ2) is 9.17. The third-order valence-corrected chi connectivity index (χ3v) is 7.11. The van der Waals surface area contributed by atoms with E-state index in [9.17, 15) is 0 Å². The molecule has 32 heavy (non-hydrogen) atoms. The summed E-state index contributed by atoms with van der Waals surface area (Å²) < 4.78 is 7.54. The Hall–Kier alpha value is -3.11. The van der Waals surface area contributed by atoms with E-state index in [-0.39, 0.29) is 5.79 Å². The zero-order valence-electron chi connectivity index (χ0n) is 18.0. The maximum Gasteiger partial charge on any atom is 0.186 e. The molecule has 3 aromatic rings. The van der Waals surface area contributed by atoms with Gasteiger partial charge < -0.3 is 10.1 Å². The lowest BCUT2D eigenvalue weighted by Crippen LogP contribution is -2.58. The molecule has 2 aliphatic rings. The third kappa shape index (κ3) is 4.28. The van der Waals surface area contributed by atoms with E-state index in [1.54, 1.807) is 22.3 Å². The van der Waals surface area contributed by atoms with Crippen LogP contribution in [0.5, 0.6) is 5.75 Å². The maximum atomic E-state index is 5.93. The number of hydrogen-bond donors (Lipinski definition) is 1. The summed E-state index contributed by atoms with van der Waals surface area (Å²) in [6, 6.07) is 7.69. The monoisotopic (exact) mass is 450 g/mol. The van der Waals surface area contributed by atoms with Crippen LogP contribution in [0, 0.1) is 0 Å². The summed E-state index contributed by atoms with van der Waals surface area (Å²) in [4.78, 5) is 12.1. The van der Waals surface area contributed by atoms with Crippen LogP contribution in [0.2, 0.25) is 0 Å². The van der Waals surface area contributed by atoms with Crippen LogP contribution < -0.4 is 10.1 Å². The lowest BCUT2D eigenvalue weighted by Gasteiger charge is -2.44. The minimum atomic E-state index is -0.290. The standard InChI is InChI=1S/C22H26N8OS/c1-2-22(23-10-3-11-24-22)29-12-8-17(9-13-29)21-26-18(15-32-21)14-31-20-6-4-19(5-7-20)30-16-25-27-28-30/h3-7,10-11,15-17,23H,2,8-9,12-14H2,1H3. The van der Waals surface area contributed by atoms with Gasteiger partial charge in [0.1, 0.15) is 18.7 Å². The molecule has 1 saturated heterocycles. The molecule has 0 amide bonds. The van der Waals surface area contributed by atoms with Crippen molar-refractivity contribution in [3.8, 4) is 11.4 Å². The first-order chi connectivity index (χ1) is 15.8. The van der Waals surface area contributed by atoms with Crippen LogP contribution in [0.25, 0.3) is 5.69 Å². The topological polar surface area (TPSA) is 93.4 Å². The van der Waals surface area contributed by atoms with Crippen LogP contribution in [0.1, 0.15) is 42.8 Å². The lowest BCUT2D eigenvalue weighted by atomic mass is 9.96. The van der Waals surface area contributed by atoms with Crippen molar-refractivity contribution in [2.24, 2.45) is 4.99 Å². The van der Waals surface area contributed by atoms with Gasteiger partial charge in [-0.05, 0) is 53.6 Å². The Morgan fingerprint density at radius 1 is 1.22 bits per heavy atom. The number of aliphatic imine (C=N–C) groups is 1. The zero-order valence-corrected chi connectivity index (χ0v) is 18.8. The van der Waals surface area contributed by atoms with Gasteiger partial charge in [-0.1, -0.05) is 6.92 Å². The van der Waals surface area contributed by atoms with Crippen LogP contribution in [-0.2, 0) is 6.61 Å². The van der Waals surface area contributed by atoms with E-state index in [4.69, 9.17) is 14.7 Å². The molecule has 1 unspecified atom stereocenters. The maximum absolute atomic E-state index is 5.93. The number of tetrazole rings is 1. The van der Waals surface area contributed by atoms with Gasteiger partial charge in [0.15, 0.2) is 5.79 Å². The van der Waals surface area contributed by atoms with Crippen molar-refractivity contribution in [1.29, 1.82) is 0 Å². The molecule has 4 heterocycles. The summed E-state index contributed by atoms with van der Waals surface area (Å²) in [6.45, 7) is 4.66. The molecule has 5 rings (SSSR count). The highest BCUT2D eigenvalue weighted by Crippen LogP contribution is 2.34. The number of thiazole rings is 1. The lowest BCUT2D eigenvalue weighted by molar-refractivity contribution is 0.0451. The van der Waals surface area contributed by atoms with E-state index in [2.05, 4.69) is 38.0 Å². The number of rotatable bonds is 7. The summed E-state index contributed by atoms with van der Waals surface area (Å²) in [5.41, 5.74) is 1.87. The Bertz CT molecular complexity index is 1070. The number of ether oxygens (including phenoxy) is 1. The van der Waals surface area contributed by atoms with Crippen LogP contribution in [0.3, 0.4) is 0 Å². The molecule has 0 spiro atoms. The van der Waals surface area contributed by atoms with Crippen molar-refractivity contribution < 1.29 is 4.74 Å². The fourth-order valence-electron chi connectivity index (χ4n) is 4.22. The molecule has 0 saturated carbocycles.